The fraction of sp³-hybridized carbons (Fsp3) is 0.932. The SMILES string of the molecule is CC(C)CC(=O)C[C@@](C)(O)[C@H]1CC[C@H]2[C@@H]3C[C@H](O[C@@H]4O[C@H](C)[C@@H](O)[C@H](O[C@@H]5OC[C@@H](O)[C@H](O)[C@H]5O[C@@H]5O[C@H](C)[C@@H](O)[C@H](O)[C@H]5O)[C@H]4O)[C@H]4C[C@@H](OS(=O)(=O)[O-])CC[C@]4(C)C3=CC[C@@]21C.[Na+]. The molecule has 3 aliphatic heterocycles. The quantitative estimate of drug-likeness (QED) is 0.0404. The van der Waals surface area contributed by atoms with E-state index >= 15 is 0 Å². The molecule has 0 unspecified atom stereocenters. The van der Waals surface area contributed by atoms with Gasteiger partial charge in [-0.1, -0.05) is 39.3 Å². The summed E-state index contributed by atoms with van der Waals surface area (Å²) >= 11 is 0. The molecule has 7 aliphatic rings. The number of aliphatic hydroxyl groups excluding tert-OH is 7. The first-order valence-corrected chi connectivity index (χ1v) is 24.3. The van der Waals surface area contributed by atoms with E-state index in [9.17, 15) is 58.6 Å². The third-order valence-electron chi connectivity index (χ3n) is 16.1. The molecule has 23 atom stereocenters. The molecule has 0 aromatic carbocycles. The number of fused-ring (bicyclic) bond motifs is 5. The minimum absolute atomic E-state index is 0. The van der Waals surface area contributed by atoms with E-state index in [0.29, 0.717) is 32.1 Å². The van der Waals surface area contributed by atoms with Crippen molar-refractivity contribution in [2.24, 2.45) is 40.4 Å². The van der Waals surface area contributed by atoms with Gasteiger partial charge in [-0.05, 0) is 106 Å². The Morgan fingerprint density at radius 1 is 0.846 bits per heavy atom. The molecule has 7 rings (SSSR count). The zero-order chi connectivity index (χ0) is 47.0. The van der Waals surface area contributed by atoms with Gasteiger partial charge in [0.2, 0.25) is 10.4 Å². The minimum atomic E-state index is -5.04. The van der Waals surface area contributed by atoms with Crippen molar-refractivity contribution in [3.05, 3.63) is 11.6 Å². The molecule has 3 heterocycles. The molecule has 0 aromatic rings. The van der Waals surface area contributed by atoms with Crippen molar-refractivity contribution in [3.63, 3.8) is 0 Å². The summed E-state index contributed by atoms with van der Waals surface area (Å²) in [6, 6.07) is 0. The maximum atomic E-state index is 13.1. The number of carbonyl (C=O) groups is 1. The van der Waals surface area contributed by atoms with E-state index in [1.54, 1.807) is 6.92 Å². The Morgan fingerprint density at radius 2 is 1.48 bits per heavy atom. The zero-order valence-electron chi connectivity index (χ0n) is 38.7. The van der Waals surface area contributed by atoms with Crippen LogP contribution in [0.15, 0.2) is 11.6 Å². The van der Waals surface area contributed by atoms with Gasteiger partial charge >= 0.3 is 29.6 Å². The van der Waals surface area contributed by atoms with Crippen LogP contribution in [0.25, 0.3) is 0 Å². The Labute approximate surface area is 403 Å². The van der Waals surface area contributed by atoms with Gasteiger partial charge in [-0.3, -0.25) is 8.98 Å². The average molecular weight is 959 g/mol. The van der Waals surface area contributed by atoms with Crippen LogP contribution in [-0.4, -0.2) is 170 Å². The average Bonchev–Trinajstić information content (AvgIpc) is 3.57. The largest absolute Gasteiger partial charge is 1.00 e. The summed E-state index contributed by atoms with van der Waals surface area (Å²) in [5.41, 5.74) is -1.00. The number of ketones is 1. The van der Waals surface area contributed by atoms with Crippen LogP contribution in [0.3, 0.4) is 0 Å². The van der Waals surface area contributed by atoms with Gasteiger partial charge in [-0.15, -0.1) is 0 Å². The van der Waals surface area contributed by atoms with Crippen LogP contribution in [-0.2, 0) is 47.8 Å². The normalized spacial score (nSPS) is 48.8. The van der Waals surface area contributed by atoms with Crippen LogP contribution in [0.5, 0.6) is 0 Å². The molecular formula is C44H71NaO19S. The number of allylic oxidation sites excluding steroid dienone is 2. The summed E-state index contributed by atoms with van der Waals surface area (Å²) in [5.74, 6) is -0.430. The summed E-state index contributed by atoms with van der Waals surface area (Å²) in [6.45, 7) is 12.5. The van der Waals surface area contributed by atoms with Gasteiger partial charge < -0.3 is 73.8 Å². The van der Waals surface area contributed by atoms with Gasteiger partial charge in [-0.25, -0.2) is 8.42 Å². The molecule has 3 saturated carbocycles. The van der Waals surface area contributed by atoms with Crippen molar-refractivity contribution in [1.29, 1.82) is 0 Å². The summed E-state index contributed by atoms with van der Waals surface area (Å²) in [5, 5.41) is 88.3. The van der Waals surface area contributed by atoms with Crippen molar-refractivity contribution in [1.82, 2.24) is 0 Å². The molecule has 21 heteroatoms. The number of hydrogen-bond donors (Lipinski definition) is 8. The molecule has 65 heavy (non-hydrogen) atoms. The van der Waals surface area contributed by atoms with E-state index in [2.05, 4.69) is 19.9 Å². The zero-order valence-corrected chi connectivity index (χ0v) is 41.6. The summed E-state index contributed by atoms with van der Waals surface area (Å²) in [4.78, 5) is 13.1. The summed E-state index contributed by atoms with van der Waals surface area (Å²) in [6.07, 6.45) is -16.7. The van der Waals surface area contributed by atoms with Gasteiger partial charge in [0.25, 0.3) is 0 Å². The fourth-order valence-corrected chi connectivity index (χ4v) is 13.4. The predicted octanol–water partition coefficient (Wildman–Crippen LogP) is -2.69. The maximum Gasteiger partial charge on any atom is 1.00 e. The molecule has 0 spiro atoms. The van der Waals surface area contributed by atoms with E-state index < -0.39 is 132 Å². The number of ether oxygens (including phenoxy) is 6. The maximum absolute atomic E-state index is 13.1. The topological polar surface area (TPSA) is 301 Å². The second-order valence-electron chi connectivity index (χ2n) is 21.1. The van der Waals surface area contributed by atoms with E-state index in [1.807, 2.05) is 13.8 Å². The van der Waals surface area contributed by atoms with Gasteiger partial charge in [0.15, 0.2) is 18.9 Å². The van der Waals surface area contributed by atoms with E-state index in [0.717, 1.165) is 6.42 Å². The molecule has 0 aromatic heterocycles. The van der Waals surface area contributed by atoms with Crippen molar-refractivity contribution >= 4 is 16.2 Å². The summed E-state index contributed by atoms with van der Waals surface area (Å²) in [7, 11) is -5.04. The molecule has 19 nitrogen and oxygen atoms in total. The van der Waals surface area contributed by atoms with Crippen LogP contribution >= 0.6 is 0 Å². The van der Waals surface area contributed by atoms with E-state index in [4.69, 9.17) is 32.6 Å². The first-order chi connectivity index (χ1) is 29.8. The minimum Gasteiger partial charge on any atom is -0.726 e. The molecule has 0 bridgehead atoms. The Kier molecular flexibility index (Phi) is 17.0. The van der Waals surface area contributed by atoms with Gasteiger partial charge in [0.1, 0.15) is 60.7 Å². The number of aliphatic hydroxyl groups is 8. The van der Waals surface area contributed by atoms with Crippen LogP contribution in [0.1, 0.15) is 106 Å². The Balaban J connectivity index is 0.00000700. The molecule has 368 valence electrons. The first kappa shape index (κ1) is 54.1. The number of rotatable bonds is 13. The van der Waals surface area contributed by atoms with Crippen LogP contribution in [0.4, 0.5) is 0 Å². The monoisotopic (exact) mass is 958 g/mol. The second-order valence-corrected chi connectivity index (χ2v) is 22.1. The molecule has 8 N–H and O–H groups in total. The molecule has 4 aliphatic carbocycles. The molecule has 3 saturated heterocycles. The van der Waals surface area contributed by atoms with E-state index in [1.165, 1.54) is 19.4 Å². The van der Waals surface area contributed by atoms with E-state index in [-0.39, 0.29) is 83.7 Å². The standard InChI is InChI=1S/C44H72O19S.Na/c1-19(2)14-22(45)17-44(7,53)30-9-8-25-24-16-29(27-15-23(63-64(54,55)56)10-12-42(27,5)26(24)11-13-43(25,30)6)60-40-36(52)37(32(48)21(4)59-40)61-41-38(33(49)28(46)18-57-41)62-39-35(51)34(50)31(47)20(3)58-39;/h11,19-21,23-25,27-41,46-53H,8-10,12-18H2,1-7H3,(H,54,55,56);/q;+1/p-1/t20-,21-,23+,24+,25+,27-,28-,29+,30+,31-,32-,33+,34+,35-,36-,37+,38-,39+,40+,41+,42-,43+,44-;/m1./s1. The molecular weight excluding hydrogens is 888 g/mol. The smallest absolute Gasteiger partial charge is 0.726 e. The second kappa shape index (κ2) is 20.4. The Hall–Kier alpha value is -0.280. The molecule has 6 fully saturated rings. The molecule has 0 amide bonds. The van der Waals surface area contributed by atoms with Gasteiger partial charge in [0.05, 0.1) is 36.6 Å². The van der Waals surface area contributed by atoms with Crippen molar-refractivity contribution in [2.75, 3.05) is 6.61 Å². The third kappa shape index (κ3) is 10.8. The van der Waals surface area contributed by atoms with Gasteiger partial charge in [-0.2, -0.15) is 0 Å². The van der Waals surface area contributed by atoms with Crippen LogP contribution < -0.4 is 29.6 Å². The Bertz CT molecular complexity index is 1800. The Morgan fingerprint density at radius 3 is 2.12 bits per heavy atom. The first-order valence-electron chi connectivity index (χ1n) is 23.0. The summed E-state index contributed by atoms with van der Waals surface area (Å²) < 4.78 is 76.8. The van der Waals surface area contributed by atoms with Crippen LogP contribution in [0.2, 0.25) is 0 Å². The third-order valence-corrected chi connectivity index (χ3v) is 16.6. The number of Topliss-reactive ketones (excluding diaryl/α,β-unsaturated/α-hetero) is 1. The van der Waals surface area contributed by atoms with Crippen molar-refractivity contribution in [3.8, 4) is 0 Å². The molecule has 0 radical (unpaired) electrons. The predicted molar refractivity (Wildman–Crippen MR) is 220 cm³/mol. The van der Waals surface area contributed by atoms with Crippen molar-refractivity contribution < 1.29 is 121 Å². The van der Waals surface area contributed by atoms with Crippen molar-refractivity contribution in [2.45, 2.75) is 210 Å². The fourth-order valence-electron chi connectivity index (χ4n) is 12.9. The van der Waals surface area contributed by atoms with Gasteiger partial charge in [0, 0.05) is 12.8 Å². The number of carbonyl (C=O) groups excluding carboxylic acids is 1. The van der Waals surface area contributed by atoms with Crippen LogP contribution in [0, 0.1) is 40.4 Å². The number of hydrogen-bond acceptors (Lipinski definition) is 19.